The maximum Gasteiger partial charge on any atom is 0.253 e. The van der Waals surface area contributed by atoms with Crippen LogP contribution >= 0.6 is 0 Å². The van der Waals surface area contributed by atoms with E-state index in [4.69, 9.17) is 4.74 Å². The number of para-hydroxylation sites is 1. The third-order valence-corrected chi connectivity index (χ3v) is 3.62. The van der Waals surface area contributed by atoms with Gasteiger partial charge in [0.1, 0.15) is 0 Å². The fourth-order valence-electron chi connectivity index (χ4n) is 2.59. The lowest BCUT2D eigenvalue weighted by atomic mass is 10.1. The van der Waals surface area contributed by atoms with Crippen LogP contribution in [-0.4, -0.2) is 56.2 Å². The summed E-state index contributed by atoms with van der Waals surface area (Å²) in [4.78, 5) is 14.3. The molecule has 2 aliphatic heterocycles. The maximum absolute atomic E-state index is 12.0. The smallest absolute Gasteiger partial charge is 0.253 e. The van der Waals surface area contributed by atoms with Crippen LogP contribution in [-0.2, 0) is 4.74 Å². The number of rotatable bonds is 2. The number of anilines is 1. The number of amides is 1. The first-order valence-corrected chi connectivity index (χ1v) is 6.77. The Hall–Kier alpha value is -1.59. The second kappa shape index (κ2) is 5.59. The molecule has 1 amide bonds. The predicted molar refractivity (Wildman–Crippen MR) is 73.4 cm³/mol. The summed E-state index contributed by atoms with van der Waals surface area (Å²) in [7, 11) is 0. The summed E-state index contributed by atoms with van der Waals surface area (Å²) in [5.41, 5.74) is 1.66. The predicted octanol–water partition coefficient (Wildman–Crippen LogP) is 0.543. The molecule has 5 heteroatoms. The fourth-order valence-corrected chi connectivity index (χ4v) is 2.59. The van der Waals surface area contributed by atoms with Crippen LogP contribution < -0.4 is 10.6 Å². The number of morpholine rings is 1. The molecule has 102 valence electrons. The zero-order valence-electron chi connectivity index (χ0n) is 10.9. The number of nitrogens with zero attached hydrogens (tertiary/aromatic N) is 1. The molecule has 2 heterocycles. The number of hydrogen-bond donors (Lipinski definition) is 2. The lowest BCUT2D eigenvalue weighted by Crippen LogP contribution is -2.46. The van der Waals surface area contributed by atoms with Crippen molar-refractivity contribution in [3.05, 3.63) is 29.8 Å². The van der Waals surface area contributed by atoms with Gasteiger partial charge in [0.05, 0.1) is 24.8 Å². The minimum atomic E-state index is 0.00702. The second-order valence-electron chi connectivity index (χ2n) is 5.01. The molecule has 1 aromatic carbocycles. The third kappa shape index (κ3) is 2.88. The Balaban J connectivity index is 1.70. The third-order valence-electron chi connectivity index (χ3n) is 3.62. The number of ether oxygens (including phenoxy) is 1. The number of fused-ring (bicyclic) bond motifs is 1. The van der Waals surface area contributed by atoms with Gasteiger partial charge in [-0.15, -0.1) is 0 Å². The molecular weight excluding hydrogens is 242 g/mol. The van der Waals surface area contributed by atoms with Gasteiger partial charge < -0.3 is 15.4 Å². The van der Waals surface area contributed by atoms with Crippen LogP contribution in [0.5, 0.6) is 0 Å². The molecule has 0 spiro atoms. The van der Waals surface area contributed by atoms with E-state index in [1.807, 2.05) is 24.3 Å². The molecule has 1 fully saturated rings. The van der Waals surface area contributed by atoms with E-state index in [2.05, 4.69) is 15.5 Å². The van der Waals surface area contributed by atoms with Gasteiger partial charge in [0.25, 0.3) is 5.91 Å². The summed E-state index contributed by atoms with van der Waals surface area (Å²) in [6, 6.07) is 7.91. The average molecular weight is 261 g/mol. The highest BCUT2D eigenvalue weighted by atomic mass is 16.5. The van der Waals surface area contributed by atoms with Gasteiger partial charge in [-0.3, -0.25) is 9.69 Å². The monoisotopic (exact) mass is 261 g/mol. The summed E-state index contributed by atoms with van der Waals surface area (Å²) in [6.45, 7) is 5.12. The van der Waals surface area contributed by atoms with Gasteiger partial charge in [0.2, 0.25) is 0 Å². The molecule has 1 unspecified atom stereocenters. The van der Waals surface area contributed by atoms with Gasteiger partial charge >= 0.3 is 0 Å². The molecule has 19 heavy (non-hydrogen) atoms. The number of benzene rings is 1. The van der Waals surface area contributed by atoms with Crippen LogP contribution in [0, 0.1) is 0 Å². The lowest BCUT2D eigenvalue weighted by molar-refractivity contribution is 0.0361. The van der Waals surface area contributed by atoms with Crippen molar-refractivity contribution in [1.29, 1.82) is 0 Å². The van der Waals surface area contributed by atoms with Gasteiger partial charge in [0, 0.05) is 31.9 Å². The summed E-state index contributed by atoms with van der Waals surface area (Å²) < 4.78 is 5.36. The van der Waals surface area contributed by atoms with Crippen LogP contribution in [0.1, 0.15) is 10.4 Å². The molecule has 2 N–H and O–H groups in total. The van der Waals surface area contributed by atoms with E-state index in [-0.39, 0.29) is 11.9 Å². The van der Waals surface area contributed by atoms with Crippen LogP contribution in [0.15, 0.2) is 24.3 Å². The molecular formula is C14H19N3O2. The van der Waals surface area contributed by atoms with Crippen molar-refractivity contribution >= 4 is 11.6 Å². The SMILES string of the molecule is O=C1NCC(CN2CCOCC2)Nc2ccccc21. The summed E-state index contributed by atoms with van der Waals surface area (Å²) in [5, 5.41) is 6.45. The average Bonchev–Trinajstić information content (AvgIpc) is 2.60. The first-order chi connectivity index (χ1) is 9.33. The molecule has 2 aliphatic rings. The van der Waals surface area contributed by atoms with Crippen molar-refractivity contribution in [2.45, 2.75) is 6.04 Å². The largest absolute Gasteiger partial charge is 0.379 e. The van der Waals surface area contributed by atoms with Crippen molar-refractivity contribution in [1.82, 2.24) is 10.2 Å². The molecule has 0 saturated carbocycles. The van der Waals surface area contributed by atoms with E-state index in [9.17, 15) is 4.79 Å². The highest BCUT2D eigenvalue weighted by Crippen LogP contribution is 2.18. The van der Waals surface area contributed by atoms with Crippen molar-refractivity contribution in [2.75, 3.05) is 44.7 Å². The minimum absolute atomic E-state index is 0.00702. The van der Waals surface area contributed by atoms with Gasteiger partial charge in [-0.2, -0.15) is 0 Å². The summed E-state index contributed by atoms with van der Waals surface area (Å²) in [6.07, 6.45) is 0. The quantitative estimate of drug-likeness (QED) is 0.816. The lowest BCUT2D eigenvalue weighted by Gasteiger charge is -2.30. The number of carbonyl (C=O) groups is 1. The van der Waals surface area contributed by atoms with Gasteiger partial charge in [-0.1, -0.05) is 12.1 Å². The molecule has 3 rings (SSSR count). The number of hydrogen-bond acceptors (Lipinski definition) is 4. The highest BCUT2D eigenvalue weighted by molar-refractivity contribution is 6.00. The normalized spacial score (nSPS) is 24.0. The van der Waals surface area contributed by atoms with E-state index >= 15 is 0 Å². The highest BCUT2D eigenvalue weighted by Gasteiger charge is 2.22. The van der Waals surface area contributed by atoms with Crippen LogP contribution in [0.4, 0.5) is 5.69 Å². The van der Waals surface area contributed by atoms with Crippen LogP contribution in [0.2, 0.25) is 0 Å². The van der Waals surface area contributed by atoms with Gasteiger partial charge in [-0.05, 0) is 12.1 Å². The Kier molecular flexibility index (Phi) is 3.66. The maximum atomic E-state index is 12.0. The van der Waals surface area contributed by atoms with E-state index < -0.39 is 0 Å². The van der Waals surface area contributed by atoms with Crippen molar-refractivity contribution in [3.8, 4) is 0 Å². The topological polar surface area (TPSA) is 53.6 Å². The molecule has 1 aromatic rings. The summed E-state index contributed by atoms with van der Waals surface area (Å²) >= 11 is 0. The summed E-state index contributed by atoms with van der Waals surface area (Å²) in [5.74, 6) is 0.00702. The van der Waals surface area contributed by atoms with Crippen molar-refractivity contribution < 1.29 is 9.53 Å². The zero-order valence-corrected chi connectivity index (χ0v) is 10.9. The minimum Gasteiger partial charge on any atom is -0.379 e. The second-order valence-corrected chi connectivity index (χ2v) is 5.01. The number of nitrogens with one attached hydrogen (secondary N) is 2. The Morgan fingerprint density at radius 2 is 2.05 bits per heavy atom. The molecule has 1 atom stereocenters. The zero-order chi connectivity index (χ0) is 13.1. The first kappa shape index (κ1) is 12.4. The Bertz CT molecular complexity index is 458. The van der Waals surface area contributed by atoms with Crippen molar-refractivity contribution in [2.24, 2.45) is 0 Å². The molecule has 1 saturated heterocycles. The van der Waals surface area contributed by atoms with E-state index in [1.165, 1.54) is 0 Å². The van der Waals surface area contributed by atoms with Crippen LogP contribution in [0.25, 0.3) is 0 Å². The van der Waals surface area contributed by atoms with E-state index in [1.54, 1.807) is 0 Å². The Morgan fingerprint density at radius 3 is 2.89 bits per heavy atom. The molecule has 5 nitrogen and oxygen atoms in total. The van der Waals surface area contributed by atoms with E-state index in [0.29, 0.717) is 6.54 Å². The standard InChI is InChI=1S/C14H19N3O2/c18-14-12-3-1-2-4-13(12)16-11(9-15-14)10-17-5-7-19-8-6-17/h1-4,11,16H,5-10H2,(H,15,18). The van der Waals surface area contributed by atoms with Gasteiger partial charge in [0.15, 0.2) is 0 Å². The van der Waals surface area contributed by atoms with Gasteiger partial charge in [-0.25, -0.2) is 0 Å². The molecule has 0 aromatic heterocycles. The Morgan fingerprint density at radius 1 is 1.26 bits per heavy atom. The fraction of sp³-hybridized carbons (Fsp3) is 0.500. The molecule has 0 bridgehead atoms. The molecule has 0 radical (unpaired) electrons. The number of carbonyl (C=O) groups excluding carboxylic acids is 1. The van der Waals surface area contributed by atoms with E-state index in [0.717, 1.165) is 44.1 Å². The molecule has 0 aliphatic carbocycles. The van der Waals surface area contributed by atoms with Crippen LogP contribution in [0.3, 0.4) is 0 Å². The first-order valence-electron chi connectivity index (χ1n) is 6.77. The Labute approximate surface area is 112 Å². The van der Waals surface area contributed by atoms with Crippen molar-refractivity contribution in [3.63, 3.8) is 0 Å².